The van der Waals surface area contributed by atoms with E-state index in [1.165, 1.54) is 53.8 Å². The number of likely N-dealkylation sites (tertiary alicyclic amines) is 1. The Morgan fingerprint density at radius 3 is 1.79 bits per heavy atom. The molecule has 128 valence electrons. The van der Waals surface area contributed by atoms with Crippen LogP contribution < -0.4 is 10.4 Å². The van der Waals surface area contributed by atoms with Crippen LogP contribution in [0.15, 0.2) is 60.7 Å². The van der Waals surface area contributed by atoms with Crippen molar-refractivity contribution in [3.05, 3.63) is 60.7 Å². The van der Waals surface area contributed by atoms with Gasteiger partial charge < -0.3 is 9.59 Å². The molecule has 0 bridgehead atoms. The molecule has 1 fully saturated rings. The van der Waals surface area contributed by atoms with Crippen molar-refractivity contribution in [2.75, 3.05) is 32.9 Å². The minimum absolute atomic E-state index is 0.293. The minimum atomic E-state index is -2.11. The SMILES string of the molecule is C[N+]1(CC[Si](CO)(c2ccccc2)c2ccccc2)CCCCC1. The topological polar surface area (TPSA) is 20.2 Å². The molecule has 0 amide bonds. The lowest BCUT2D eigenvalue weighted by Crippen LogP contribution is -2.64. The molecule has 0 unspecified atom stereocenters. The van der Waals surface area contributed by atoms with Gasteiger partial charge in [-0.25, -0.2) is 0 Å². The average Bonchev–Trinajstić information content (AvgIpc) is 2.65. The summed E-state index contributed by atoms with van der Waals surface area (Å²) in [7, 11) is 0.296. The highest BCUT2D eigenvalue weighted by Gasteiger charge is 2.39. The molecule has 0 aliphatic carbocycles. The fourth-order valence-electron chi connectivity index (χ4n) is 4.19. The summed E-state index contributed by atoms with van der Waals surface area (Å²) in [5.41, 5.74) is 0. The van der Waals surface area contributed by atoms with Gasteiger partial charge in [-0.2, -0.15) is 0 Å². The third kappa shape index (κ3) is 3.64. The highest BCUT2D eigenvalue weighted by molar-refractivity contribution is 7.02. The van der Waals surface area contributed by atoms with Crippen molar-refractivity contribution in [2.45, 2.75) is 25.3 Å². The maximum atomic E-state index is 10.6. The van der Waals surface area contributed by atoms with Crippen LogP contribution in [0.2, 0.25) is 6.04 Å². The van der Waals surface area contributed by atoms with E-state index in [1.807, 2.05) is 0 Å². The van der Waals surface area contributed by atoms with Crippen molar-refractivity contribution < 1.29 is 9.59 Å². The summed E-state index contributed by atoms with van der Waals surface area (Å²) in [4.78, 5) is 0. The van der Waals surface area contributed by atoms with Gasteiger partial charge in [0.2, 0.25) is 0 Å². The van der Waals surface area contributed by atoms with Crippen molar-refractivity contribution >= 4 is 18.4 Å². The van der Waals surface area contributed by atoms with E-state index in [0.717, 1.165) is 6.04 Å². The number of piperidine rings is 1. The fourth-order valence-corrected chi connectivity index (χ4v) is 8.21. The first-order valence-electron chi connectivity index (χ1n) is 9.24. The molecular formula is C21H30NOSi+. The Morgan fingerprint density at radius 2 is 1.33 bits per heavy atom. The second kappa shape index (κ2) is 7.64. The van der Waals surface area contributed by atoms with Gasteiger partial charge in [-0.3, -0.25) is 0 Å². The van der Waals surface area contributed by atoms with Crippen LogP contribution in [0.1, 0.15) is 19.3 Å². The molecule has 2 aromatic carbocycles. The monoisotopic (exact) mass is 340 g/mol. The van der Waals surface area contributed by atoms with Crippen molar-refractivity contribution in [1.82, 2.24) is 0 Å². The van der Waals surface area contributed by atoms with Gasteiger partial charge in [-0.15, -0.1) is 0 Å². The maximum absolute atomic E-state index is 10.6. The molecule has 3 rings (SSSR count). The Hall–Kier alpha value is -1.42. The predicted octanol–water partition coefficient (Wildman–Crippen LogP) is 2.41. The summed E-state index contributed by atoms with van der Waals surface area (Å²) in [6.07, 6.45) is 4.37. The highest BCUT2D eigenvalue weighted by atomic mass is 28.3. The second-order valence-electron chi connectivity index (χ2n) is 7.57. The summed E-state index contributed by atoms with van der Waals surface area (Å²) in [5.74, 6) is 0. The molecule has 0 spiro atoms. The van der Waals surface area contributed by atoms with Crippen LogP contribution in [-0.4, -0.2) is 50.6 Å². The maximum Gasteiger partial charge on any atom is 0.150 e. The molecule has 0 atom stereocenters. The minimum Gasteiger partial charge on any atom is -0.399 e. The van der Waals surface area contributed by atoms with Crippen LogP contribution >= 0.6 is 0 Å². The van der Waals surface area contributed by atoms with Crippen LogP contribution in [0.5, 0.6) is 0 Å². The standard InChI is InChI=1S/C21H30NOSi/c1-22(15-9-4-10-16-22)17-18-24(19-23,20-11-5-2-6-12-20)21-13-7-3-8-14-21/h2-3,5-8,11-14,23H,4,9-10,15-19H2,1H3/q+1. The summed E-state index contributed by atoms with van der Waals surface area (Å²) in [6.45, 7) is 3.76. The van der Waals surface area contributed by atoms with Crippen LogP contribution in [-0.2, 0) is 0 Å². The molecule has 24 heavy (non-hydrogen) atoms. The van der Waals surface area contributed by atoms with Crippen LogP contribution in [0.4, 0.5) is 0 Å². The van der Waals surface area contributed by atoms with Crippen molar-refractivity contribution in [3.63, 3.8) is 0 Å². The molecule has 2 aromatic rings. The summed E-state index contributed by atoms with van der Waals surface area (Å²) >= 11 is 0. The first-order chi connectivity index (χ1) is 11.7. The number of benzene rings is 2. The first-order valence-corrected chi connectivity index (χ1v) is 11.7. The Morgan fingerprint density at radius 1 is 0.833 bits per heavy atom. The summed E-state index contributed by atoms with van der Waals surface area (Å²) in [5, 5.41) is 13.3. The van der Waals surface area contributed by atoms with Crippen molar-refractivity contribution in [3.8, 4) is 0 Å². The zero-order valence-corrected chi connectivity index (χ0v) is 15.8. The predicted molar refractivity (Wildman–Crippen MR) is 104 cm³/mol. The Kier molecular flexibility index (Phi) is 5.54. The Balaban J connectivity index is 1.93. The molecule has 3 heteroatoms. The van der Waals surface area contributed by atoms with Gasteiger partial charge in [0.1, 0.15) is 8.07 Å². The van der Waals surface area contributed by atoms with E-state index in [-0.39, 0.29) is 0 Å². The molecule has 1 aliphatic rings. The highest BCUT2D eigenvalue weighted by Crippen LogP contribution is 2.20. The lowest BCUT2D eigenvalue weighted by molar-refractivity contribution is -0.912. The quantitative estimate of drug-likeness (QED) is 0.632. The molecule has 1 heterocycles. The summed E-state index contributed by atoms with van der Waals surface area (Å²) in [6, 6.07) is 22.6. The Bertz CT molecular complexity index is 583. The average molecular weight is 341 g/mol. The van der Waals surface area contributed by atoms with E-state index in [2.05, 4.69) is 67.7 Å². The van der Waals surface area contributed by atoms with Crippen LogP contribution in [0, 0.1) is 0 Å². The molecule has 0 saturated carbocycles. The Labute approximate surface area is 147 Å². The van der Waals surface area contributed by atoms with Gasteiger partial charge in [0, 0.05) is 12.3 Å². The number of quaternary nitrogens is 1. The molecule has 0 radical (unpaired) electrons. The van der Waals surface area contributed by atoms with Gasteiger partial charge >= 0.3 is 0 Å². The summed E-state index contributed by atoms with van der Waals surface area (Å²) < 4.78 is 1.18. The number of aliphatic hydroxyl groups is 1. The zero-order valence-electron chi connectivity index (χ0n) is 14.8. The van der Waals surface area contributed by atoms with E-state index in [1.54, 1.807) is 0 Å². The molecule has 0 aromatic heterocycles. The van der Waals surface area contributed by atoms with Gasteiger partial charge in [0.05, 0.1) is 26.7 Å². The van der Waals surface area contributed by atoms with Crippen LogP contribution in [0.25, 0.3) is 0 Å². The number of hydrogen-bond donors (Lipinski definition) is 1. The first kappa shape index (κ1) is 17.4. The molecule has 1 N–H and O–H groups in total. The van der Waals surface area contributed by atoms with Gasteiger partial charge in [-0.05, 0) is 19.3 Å². The number of hydrogen-bond acceptors (Lipinski definition) is 1. The van der Waals surface area contributed by atoms with Crippen molar-refractivity contribution in [2.24, 2.45) is 0 Å². The van der Waals surface area contributed by atoms with E-state index >= 15 is 0 Å². The lowest BCUT2D eigenvalue weighted by Gasteiger charge is -2.41. The van der Waals surface area contributed by atoms with E-state index < -0.39 is 8.07 Å². The van der Waals surface area contributed by atoms with E-state index in [4.69, 9.17) is 0 Å². The molecule has 2 nitrogen and oxygen atoms in total. The number of aliphatic hydroxyl groups excluding tert-OH is 1. The third-order valence-electron chi connectivity index (χ3n) is 5.90. The smallest absolute Gasteiger partial charge is 0.150 e. The fraction of sp³-hybridized carbons (Fsp3) is 0.429. The van der Waals surface area contributed by atoms with E-state index in [9.17, 15) is 5.11 Å². The second-order valence-corrected chi connectivity index (χ2v) is 11.7. The number of nitrogens with zero attached hydrogens (tertiary/aromatic N) is 1. The zero-order chi connectivity index (χ0) is 16.9. The van der Waals surface area contributed by atoms with Crippen LogP contribution in [0.3, 0.4) is 0 Å². The van der Waals surface area contributed by atoms with Crippen molar-refractivity contribution in [1.29, 1.82) is 0 Å². The third-order valence-corrected chi connectivity index (χ3v) is 10.4. The normalized spacial score (nSPS) is 17.6. The largest absolute Gasteiger partial charge is 0.399 e. The lowest BCUT2D eigenvalue weighted by atomic mass is 10.1. The molecule has 1 aliphatic heterocycles. The number of rotatable bonds is 6. The molecular weight excluding hydrogens is 310 g/mol. The van der Waals surface area contributed by atoms with E-state index in [0.29, 0.717) is 6.23 Å². The van der Waals surface area contributed by atoms with Gasteiger partial charge in [-0.1, -0.05) is 71.0 Å². The molecule has 1 saturated heterocycles. The van der Waals surface area contributed by atoms with Gasteiger partial charge in [0.25, 0.3) is 0 Å². The van der Waals surface area contributed by atoms with Gasteiger partial charge in [0.15, 0.2) is 0 Å².